The molecule has 0 fully saturated rings. The lowest BCUT2D eigenvalue weighted by Gasteiger charge is -2.26. The number of aromatic hydroxyl groups is 1. The highest BCUT2D eigenvalue weighted by molar-refractivity contribution is 14.1. The summed E-state index contributed by atoms with van der Waals surface area (Å²) >= 11 is 10.2. The lowest BCUT2D eigenvalue weighted by atomic mass is 9.95. The Morgan fingerprint density at radius 2 is 1.89 bits per heavy atom. The predicted molar refractivity (Wildman–Crippen MR) is 156 cm³/mol. The minimum absolute atomic E-state index is 0.0669. The fourth-order valence-corrected chi connectivity index (χ4v) is 7.13. The first kappa shape index (κ1) is 27.9. The number of thiazole rings is 1. The van der Waals surface area contributed by atoms with Crippen molar-refractivity contribution in [3.05, 3.63) is 78.9 Å². The molecule has 12 heteroatoms. The number of halogens is 3. The highest BCUT2D eigenvalue weighted by Crippen LogP contribution is 2.40. The number of rotatable bonds is 6. The van der Waals surface area contributed by atoms with Crippen LogP contribution in [0.1, 0.15) is 31.0 Å². The quantitative estimate of drug-likeness (QED) is 0.290. The average molecular weight is 764 g/mol. The van der Waals surface area contributed by atoms with Crippen LogP contribution in [0.3, 0.4) is 0 Å². The second kappa shape index (κ2) is 11.3. The highest BCUT2D eigenvalue weighted by atomic mass is 127. The third kappa shape index (κ3) is 5.25. The largest absolute Gasteiger partial charge is 0.506 e. The second-order valence-corrected chi connectivity index (χ2v) is 11.8. The van der Waals surface area contributed by atoms with Gasteiger partial charge in [0.15, 0.2) is 16.3 Å². The van der Waals surface area contributed by atoms with Gasteiger partial charge >= 0.3 is 5.97 Å². The van der Waals surface area contributed by atoms with Crippen molar-refractivity contribution >= 4 is 77.8 Å². The number of ether oxygens (including phenoxy) is 3. The number of benzene rings is 2. The number of phenolic OH excluding ortho intramolecular Hbond substituents is 1. The maximum absolute atomic E-state index is 13.8. The van der Waals surface area contributed by atoms with Gasteiger partial charge in [-0.2, -0.15) is 0 Å². The van der Waals surface area contributed by atoms with Crippen molar-refractivity contribution in [3.63, 3.8) is 0 Å². The number of aromatic nitrogens is 1. The molecule has 194 valence electrons. The molecular formula is C25H21Br2IN2O6S. The Bertz CT molecular complexity index is 1630. The van der Waals surface area contributed by atoms with Crippen molar-refractivity contribution in [2.45, 2.75) is 19.9 Å². The molecule has 37 heavy (non-hydrogen) atoms. The Labute approximate surface area is 246 Å². The number of esters is 1. The first-order valence-electron chi connectivity index (χ1n) is 10.9. The van der Waals surface area contributed by atoms with Gasteiger partial charge in [-0.25, -0.2) is 9.79 Å². The zero-order chi connectivity index (χ0) is 27.0. The molecule has 3 aromatic rings. The van der Waals surface area contributed by atoms with Gasteiger partial charge in [0.05, 0.1) is 46.2 Å². The number of carbonyl (C=O) groups is 1. The molecule has 0 radical (unpaired) electrons. The summed E-state index contributed by atoms with van der Waals surface area (Å²) in [7, 11) is 3.04. The van der Waals surface area contributed by atoms with E-state index in [1.807, 2.05) is 22.6 Å². The van der Waals surface area contributed by atoms with Crippen molar-refractivity contribution in [3.8, 4) is 17.2 Å². The SMILES string of the molecule is CCOC(=O)C1=C(C)N=c2s/c(=C\c3cc(Br)cc(I)c3O)c(=O)n2[C@H]1c1cc(OC)c(OC)cc1Br. The molecule has 0 spiro atoms. The number of nitrogens with zero attached hydrogens (tertiary/aromatic N) is 2. The van der Waals surface area contributed by atoms with E-state index < -0.39 is 12.0 Å². The summed E-state index contributed by atoms with van der Waals surface area (Å²) in [6, 6.07) is 6.11. The fourth-order valence-electron chi connectivity index (χ4n) is 4.00. The molecule has 2 aromatic carbocycles. The Hall–Kier alpha value is -2.16. The van der Waals surface area contributed by atoms with Crippen molar-refractivity contribution in [2.75, 3.05) is 20.8 Å². The van der Waals surface area contributed by atoms with Gasteiger partial charge in [-0.1, -0.05) is 43.2 Å². The molecule has 4 rings (SSSR count). The van der Waals surface area contributed by atoms with E-state index in [2.05, 4.69) is 36.9 Å². The van der Waals surface area contributed by atoms with Crippen LogP contribution in [0.4, 0.5) is 0 Å². The van der Waals surface area contributed by atoms with Gasteiger partial charge in [0.25, 0.3) is 5.56 Å². The van der Waals surface area contributed by atoms with E-state index in [1.54, 1.807) is 44.2 Å². The number of hydrogen-bond acceptors (Lipinski definition) is 8. The first-order chi connectivity index (χ1) is 17.6. The predicted octanol–water partition coefficient (Wildman–Crippen LogP) is 4.65. The van der Waals surface area contributed by atoms with E-state index in [1.165, 1.54) is 30.1 Å². The van der Waals surface area contributed by atoms with E-state index in [0.29, 0.717) is 45.7 Å². The normalized spacial score (nSPS) is 15.3. The Balaban J connectivity index is 2.04. The van der Waals surface area contributed by atoms with Crippen LogP contribution in [-0.2, 0) is 9.53 Å². The van der Waals surface area contributed by atoms with E-state index in [4.69, 9.17) is 14.2 Å². The number of carbonyl (C=O) groups excluding carboxylic acids is 1. The van der Waals surface area contributed by atoms with Gasteiger partial charge in [-0.3, -0.25) is 9.36 Å². The van der Waals surface area contributed by atoms with Gasteiger partial charge in [-0.05, 0) is 72.3 Å². The molecule has 1 N–H and O–H groups in total. The van der Waals surface area contributed by atoms with Crippen molar-refractivity contribution < 1.29 is 24.1 Å². The van der Waals surface area contributed by atoms with Crippen LogP contribution in [0.15, 0.2) is 54.3 Å². The van der Waals surface area contributed by atoms with Gasteiger partial charge in [0.1, 0.15) is 5.75 Å². The van der Waals surface area contributed by atoms with Crippen LogP contribution in [0.25, 0.3) is 6.08 Å². The summed E-state index contributed by atoms with van der Waals surface area (Å²) in [6.07, 6.45) is 1.62. The summed E-state index contributed by atoms with van der Waals surface area (Å²) in [5.41, 5.74) is 1.40. The Morgan fingerprint density at radius 1 is 1.22 bits per heavy atom. The first-order valence-corrected chi connectivity index (χ1v) is 14.4. The minimum Gasteiger partial charge on any atom is -0.506 e. The zero-order valence-electron chi connectivity index (χ0n) is 20.1. The maximum Gasteiger partial charge on any atom is 0.338 e. The van der Waals surface area contributed by atoms with Gasteiger partial charge in [0, 0.05) is 14.5 Å². The van der Waals surface area contributed by atoms with E-state index in [9.17, 15) is 14.7 Å². The number of allylic oxidation sites excluding steroid dienone is 1. The van der Waals surface area contributed by atoms with Gasteiger partial charge < -0.3 is 19.3 Å². The summed E-state index contributed by atoms with van der Waals surface area (Å²) < 4.78 is 20.1. The molecule has 2 heterocycles. The molecule has 1 atom stereocenters. The van der Waals surface area contributed by atoms with Gasteiger partial charge in [-0.15, -0.1) is 0 Å². The standard InChI is InChI=1S/C25H21Br2IN2O6S/c1-5-36-24(33)20-11(2)29-25-30(21(20)14-9-17(34-3)18(35-4)10-15(14)27)23(32)19(37-25)7-12-6-13(26)8-16(28)22(12)31/h6-10,21,31H,5H2,1-4H3/b19-7-/t21-/m0/s1. The lowest BCUT2D eigenvalue weighted by Crippen LogP contribution is -2.40. The molecule has 1 aliphatic heterocycles. The molecule has 0 saturated heterocycles. The van der Waals surface area contributed by atoms with Crippen LogP contribution in [0.2, 0.25) is 0 Å². The Morgan fingerprint density at radius 3 is 2.54 bits per heavy atom. The number of hydrogen-bond donors (Lipinski definition) is 1. The van der Waals surface area contributed by atoms with Crippen molar-refractivity contribution in [1.29, 1.82) is 0 Å². The molecule has 0 bridgehead atoms. The molecule has 0 aliphatic carbocycles. The molecule has 1 aromatic heterocycles. The third-order valence-electron chi connectivity index (χ3n) is 5.66. The van der Waals surface area contributed by atoms with Crippen molar-refractivity contribution in [1.82, 2.24) is 4.57 Å². The van der Waals surface area contributed by atoms with Gasteiger partial charge in [0.2, 0.25) is 0 Å². The number of phenols is 1. The maximum atomic E-state index is 13.8. The highest BCUT2D eigenvalue weighted by Gasteiger charge is 2.35. The van der Waals surface area contributed by atoms with Crippen LogP contribution < -0.4 is 24.4 Å². The topological polar surface area (TPSA) is 99.4 Å². The number of methoxy groups -OCH3 is 2. The van der Waals surface area contributed by atoms with Crippen LogP contribution in [0, 0.1) is 3.57 Å². The average Bonchev–Trinajstić information content (AvgIpc) is 3.15. The van der Waals surface area contributed by atoms with E-state index in [0.717, 1.165) is 4.47 Å². The van der Waals surface area contributed by atoms with Crippen LogP contribution >= 0.6 is 65.8 Å². The van der Waals surface area contributed by atoms with Crippen LogP contribution in [-0.4, -0.2) is 36.5 Å². The zero-order valence-corrected chi connectivity index (χ0v) is 26.2. The van der Waals surface area contributed by atoms with Crippen LogP contribution in [0.5, 0.6) is 17.2 Å². The van der Waals surface area contributed by atoms with Crippen molar-refractivity contribution in [2.24, 2.45) is 4.99 Å². The summed E-state index contributed by atoms with van der Waals surface area (Å²) in [5, 5.41) is 10.6. The molecule has 1 aliphatic rings. The minimum atomic E-state index is -0.845. The monoisotopic (exact) mass is 762 g/mol. The molecule has 0 unspecified atom stereocenters. The smallest absolute Gasteiger partial charge is 0.338 e. The van der Waals surface area contributed by atoms with E-state index >= 15 is 0 Å². The Kier molecular flexibility index (Phi) is 8.51. The fraction of sp³-hybridized carbons (Fsp3) is 0.240. The molecule has 8 nitrogen and oxygen atoms in total. The number of fused-ring (bicyclic) bond motifs is 1. The molecule has 0 amide bonds. The van der Waals surface area contributed by atoms with E-state index in [-0.39, 0.29) is 23.5 Å². The summed E-state index contributed by atoms with van der Waals surface area (Å²) in [4.78, 5) is 32.0. The third-order valence-corrected chi connectivity index (χ3v) is 8.61. The lowest BCUT2D eigenvalue weighted by molar-refractivity contribution is -0.139. The molecular weight excluding hydrogens is 743 g/mol. The molecule has 0 saturated carbocycles. The summed E-state index contributed by atoms with van der Waals surface area (Å²) in [5.74, 6) is 0.430. The second-order valence-electron chi connectivity index (χ2n) is 7.86. The summed E-state index contributed by atoms with van der Waals surface area (Å²) in [6.45, 7) is 3.60.